The zero-order valence-corrected chi connectivity index (χ0v) is 10.5. The quantitative estimate of drug-likeness (QED) is 0.775. The van der Waals surface area contributed by atoms with Gasteiger partial charge in [0.05, 0.1) is 0 Å². The van der Waals surface area contributed by atoms with Crippen molar-refractivity contribution < 1.29 is 9.90 Å². The van der Waals surface area contributed by atoms with Crippen LogP contribution < -0.4 is 5.56 Å². The van der Waals surface area contributed by atoms with Gasteiger partial charge in [0.1, 0.15) is 5.69 Å². The highest BCUT2D eigenvalue weighted by Gasteiger charge is 2.15. The first-order valence-corrected chi connectivity index (χ1v) is 6.12. The lowest BCUT2D eigenvalue weighted by Crippen LogP contribution is -2.24. The van der Waals surface area contributed by atoms with Gasteiger partial charge in [0.2, 0.25) is 0 Å². The summed E-state index contributed by atoms with van der Waals surface area (Å²) in [6.45, 7) is 0. The number of pyridine rings is 1. The molecule has 20 heavy (non-hydrogen) atoms. The fourth-order valence-corrected chi connectivity index (χ4v) is 2.25. The lowest BCUT2D eigenvalue weighted by Gasteiger charge is -2.11. The molecule has 2 aromatic carbocycles. The zero-order valence-electron chi connectivity index (χ0n) is 10.5. The molecule has 98 valence electrons. The van der Waals surface area contributed by atoms with Crippen LogP contribution in [0.5, 0.6) is 0 Å². The van der Waals surface area contributed by atoms with Gasteiger partial charge in [-0.15, -0.1) is 0 Å². The number of aromatic carboxylic acids is 1. The molecule has 1 N–H and O–H groups in total. The van der Waals surface area contributed by atoms with Gasteiger partial charge in [-0.2, -0.15) is 0 Å². The molecule has 1 heterocycles. The summed E-state index contributed by atoms with van der Waals surface area (Å²) in [6.07, 6.45) is 0. The monoisotopic (exact) mass is 265 g/mol. The van der Waals surface area contributed by atoms with Crippen molar-refractivity contribution in [1.29, 1.82) is 0 Å². The van der Waals surface area contributed by atoms with E-state index in [2.05, 4.69) is 0 Å². The van der Waals surface area contributed by atoms with Crippen molar-refractivity contribution in [3.05, 3.63) is 76.7 Å². The van der Waals surface area contributed by atoms with Gasteiger partial charge in [-0.1, -0.05) is 36.4 Å². The molecule has 1 aromatic heterocycles. The Morgan fingerprint density at radius 2 is 1.60 bits per heavy atom. The van der Waals surface area contributed by atoms with Gasteiger partial charge in [-0.25, -0.2) is 4.79 Å². The van der Waals surface area contributed by atoms with Crippen LogP contribution in [0.25, 0.3) is 16.5 Å². The molecule has 0 fully saturated rings. The number of aromatic nitrogens is 1. The summed E-state index contributed by atoms with van der Waals surface area (Å²) in [7, 11) is 0. The van der Waals surface area contributed by atoms with Crippen molar-refractivity contribution in [2.24, 2.45) is 0 Å². The van der Waals surface area contributed by atoms with E-state index in [4.69, 9.17) is 0 Å². The molecule has 0 saturated carbocycles. The van der Waals surface area contributed by atoms with Crippen LogP contribution in [0.3, 0.4) is 0 Å². The number of hydrogen-bond donors (Lipinski definition) is 1. The molecule has 0 aliphatic carbocycles. The minimum absolute atomic E-state index is 0.0418. The molecule has 0 amide bonds. The maximum absolute atomic E-state index is 12.6. The number of nitrogens with zero attached hydrogens (tertiary/aromatic N) is 1. The molecule has 0 aliphatic rings. The maximum Gasteiger partial charge on any atom is 0.353 e. The molecule has 4 heteroatoms. The Kier molecular flexibility index (Phi) is 2.84. The molecule has 3 aromatic rings. The molecule has 0 unspecified atom stereocenters. The highest BCUT2D eigenvalue weighted by atomic mass is 16.4. The summed E-state index contributed by atoms with van der Waals surface area (Å²) >= 11 is 0. The first kappa shape index (κ1) is 12.2. The van der Waals surface area contributed by atoms with Crippen LogP contribution in [-0.4, -0.2) is 15.6 Å². The van der Waals surface area contributed by atoms with E-state index in [1.54, 1.807) is 48.5 Å². The summed E-state index contributed by atoms with van der Waals surface area (Å²) < 4.78 is 1.23. The molecule has 0 bridgehead atoms. The Morgan fingerprint density at radius 1 is 0.950 bits per heavy atom. The number of carboxylic acid groups (broad SMARTS) is 1. The van der Waals surface area contributed by atoms with Crippen molar-refractivity contribution >= 4 is 16.7 Å². The Morgan fingerprint density at radius 3 is 2.30 bits per heavy atom. The van der Waals surface area contributed by atoms with Crippen molar-refractivity contribution in [1.82, 2.24) is 4.57 Å². The lowest BCUT2D eigenvalue weighted by molar-refractivity contribution is 0.0687. The molecular formula is C16H11NO3. The smallest absolute Gasteiger partial charge is 0.353 e. The molecule has 4 nitrogen and oxygen atoms in total. The van der Waals surface area contributed by atoms with E-state index in [-0.39, 0.29) is 11.3 Å². The fraction of sp³-hybridized carbons (Fsp3) is 0. The maximum atomic E-state index is 12.6. The molecule has 0 atom stereocenters. The second-order valence-corrected chi connectivity index (χ2v) is 4.40. The highest BCUT2D eigenvalue weighted by molar-refractivity contribution is 5.93. The van der Waals surface area contributed by atoms with E-state index in [9.17, 15) is 14.7 Å². The first-order valence-electron chi connectivity index (χ1n) is 6.12. The van der Waals surface area contributed by atoms with Gasteiger partial charge in [-0.3, -0.25) is 9.36 Å². The van der Waals surface area contributed by atoms with Crippen LogP contribution in [0, 0.1) is 0 Å². The van der Waals surface area contributed by atoms with Crippen molar-refractivity contribution in [2.75, 3.05) is 0 Å². The Bertz CT molecular complexity index is 850. The third-order valence-corrected chi connectivity index (χ3v) is 3.16. The van der Waals surface area contributed by atoms with Crippen LogP contribution in [0.2, 0.25) is 0 Å². The number of fused-ring (bicyclic) bond motifs is 1. The zero-order chi connectivity index (χ0) is 14.1. The van der Waals surface area contributed by atoms with Gasteiger partial charge in [0.15, 0.2) is 0 Å². The Balaban J connectivity index is 2.46. The summed E-state index contributed by atoms with van der Waals surface area (Å²) in [4.78, 5) is 24.0. The second kappa shape index (κ2) is 4.66. The first-order chi connectivity index (χ1) is 9.68. The molecule has 0 radical (unpaired) electrons. The molecule has 0 aliphatic heterocycles. The van der Waals surface area contributed by atoms with Gasteiger partial charge >= 0.3 is 5.97 Å². The predicted octanol–water partition coefficient (Wildman–Crippen LogP) is 2.69. The standard InChI is InChI=1S/C16H11NO3/c18-15-13-9-5-4-6-11(13)10-14(16(19)20)17(15)12-7-2-1-3-8-12/h1-10H,(H,19,20). The number of rotatable bonds is 2. The average Bonchev–Trinajstić information content (AvgIpc) is 2.48. The van der Waals surface area contributed by atoms with Crippen molar-refractivity contribution in [3.8, 4) is 5.69 Å². The normalized spacial score (nSPS) is 10.6. The van der Waals surface area contributed by atoms with E-state index in [0.29, 0.717) is 16.5 Å². The van der Waals surface area contributed by atoms with E-state index in [1.807, 2.05) is 6.07 Å². The second-order valence-electron chi connectivity index (χ2n) is 4.40. The van der Waals surface area contributed by atoms with Crippen LogP contribution in [-0.2, 0) is 0 Å². The molecule has 0 saturated heterocycles. The number of carboxylic acids is 1. The Hall–Kier alpha value is -2.88. The third-order valence-electron chi connectivity index (χ3n) is 3.16. The molecular weight excluding hydrogens is 254 g/mol. The van der Waals surface area contributed by atoms with Crippen LogP contribution in [0.4, 0.5) is 0 Å². The molecule has 0 spiro atoms. The van der Waals surface area contributed by atoms with E-state index < -0.39 is 5.97 Å². The summed E-state index contributed by atoms with van der Waals surface area (Å²) in [5.74, 6) is -1.13. The minimum Gasteiger partial charge on any atom is -0.477 e. The van der Waals surface area contributed by atoms with E-state index in [1.165, 1.54) is 10.6 Å². The number of para-hydroxylation sites is 1. The predicted molar refractivity (Wildman–Crippen MR) is 76.5 cm³/mol. The number of carbonyl (C=O) groups is 1. The summed E-state index contributed by atoms with van der Waals surface area (Å²) in [6, 6.07) is 17.3. The Labute approximate surface area is 114 Å². The van der Waals surface area contributed by atoms with Crippen LogP contribution in [0.15, 0.2) is 65.5 Å². The van der Waals surface area contributed by atoms with Gasteiger partial charge in [0, 0.05) is 11.1 Å². The highest BCUT2D eigenvalue weighted by Crippen LogP contribution is 2.15. The third kappa shape index (κ3) is 1.87. The SMILES string of the molecule is O=C(O)c1cc2ccccc2c(=O)n1-c1ccccc1. The average molecular weight is 265 g/mol. The largest absolute Gasteiger partial charge is 0.477 e. The number of benzene rings is 2. The van der Waals surface area contributed by atoms with Gasteiger partial charge in [-0.05, 0) is 29.7 Å². The van der Waals surface area contributed by atoms with Crippen molar-refractivity contribution in [2.45, 2.75) is 0 Å². The molecule has 3 rings (SSSR count). The van der Waals surface area contributed by atoms with E-state index >= 15 is 0 Å². The van der Waals surface area contributed by atoms with Crippen LogP contribution >= 0.6 is 0 Å². The van der Waals surface area contributed by atoms with E-state index in [0.717, 1.165) is 0 Å². The van der Waals surface area contributed by atoms with Gasteiger partial charge in [0.25, 0.3) is 5.56 Å². The summed E-state index contributed by atoms with van der Waals surface area (Å²) in [5, 5.41) is 10.5. The topological polar surface area (TPSA) is 59.3 Å². The summed E-state index contributed by atoms with van der Waals surface area (Å²) in [5.41, 5.74) is 0.173. The van der Waals surface area contributed by atoms with Crippen molar-refractivity contribution in [3.63, 3.8) is 0 Å². The lowest BCUT2D eigenvalue weighted by atomic mass is 10.1. The minimum atomic E-state index is -1.13. The van der Waals surface area contributed by atoms with Crippen LogP contribution in [0.1, 0.15) is 10.5 Å². The fourth-order valence-electron chi connectivity index (χ4n) is 2.25. The van der Waals surface area contributed by atoms with Gasteiger partial charge < -0.3 is 5.11 Å². The number of hydrogen-bond acceptors (Lipinski definition) is 2.